The molecule has 0 aliphatic heterocycles. The summed E-state index contributed by atoms with van der Waals surface area (Å²) < 4.78 is 4.83. The summed E-state index contributed by atoms with van der Waals surface area (Å²) in [5.41, 5.74) is 1.26. The second-order valence-corrected chi connectivity index (χ2v) is 3.53. The number of phenolic OH excluding ortho intramolecular Hbond substituents is 1. The van der Waals surface area contributed by atoms with Crippen molar-refractivity contribution in [2.75, 3.05) is 13.2 Å². The minimum absolute atomic E-state index is 0.337. The van der Waals surface area contributed by atoms with Gasteiger partial charge in [0.05, 0.1) is 0 Å². The maximum atomic E-state index is 8.94. The first-order valence-corrected chi connectivity index (χ1v) is 5.48. The highest BCUT2D eigenvalue weighted by molar-refractivity contribution is 5.27. The molecule has 0 spiro atoms. The van der Waals surface area contributed by atoms with Gasteiger partial charge < -0.3 is 9.84 Å². The molecule has 0 atom stereocenters. The molecule has 0 aliphatic rings. The molecule has 1 aromatic carbocycles. The van der Waals surface area contributed by atoms with E-state index >= 15 is 0 Å². The predicted molar refractivity (Wildman–Crippen MR) is 64.4 cm³/mol. The van der Waals surface area contributed by atoms with Crippen LogP contribution in [0.25, 0.3) is 0 Å². The topological polar surface area (TPSA) is 29.5 Å². The summed E-state index contributed by atoms with van der Waals surface area (Å²) in [7, 11) is 0. The third kappa shape index (κ3) is 6.97. The standard InChI is InChI=1S/C9H12O.C4H10O/c1-7(2)8-3-5-9(10)6-4-8;1-3-5-4-2/h3-7,10H,1-2H3;3-4H2,1-2H3. The van der Waals surface area contributed by atoms with Crippen LogP contribution in [0.15, 0.2) is 24.3 Å². The molecule has 2 nitrogen and oxygen atoms in total. The van der Waals surface area contributed by atoms with Gasteiger partial charge >= 0.3 is 0 Å². The minimum atomic E-state index is 0.337. The van der Waals surface area contributed by atoms with E-state index in [4.69, 9.17) is 9.84 Å². The van der Waals surface area contributed by atoms with Gasteiger partial charge in [-0.1, -0.05) is 26.0 Å². The molecule has 0 saturated carbocycles. The van der Waals surface area contributed by atoms with Crippen molar-refractivity contribution in [1.82, 2.24) is 0 Å². The molecule has 0 radical (unpaired) electrons. The normalized spacial score (nSPS) is 9.67. The highest BCUT2D eigenvalue weighted by Gasteiger charge is 1.96. The number of hydrogen-bond acceptors (Lipinski definition) is 2. The summed E-state index contributed by atoms with van der Waals surface area (Å²) in [6, 6.07) is 7.32. The fraction of sp³-hybridized carbons (Fsp3) is 0.538. The Balaban J connectivity index is 0.000000336. The van der Waals surface area contributed by atoms with Crippen molar-refractivity contribution in [2.24, 2.45) is 0 Å². The Morgan fingerprint density at radius 1 is 1.07 bits per heavy atom. The number of aromatic hydroxyl groups is 1. The van der Waals surface area contributed by atoms with Crippen molar-refractivity contribution in [1.29, 1.82) is 0 Å². The lowest BCUT2D eigenvalue weighted by atomic mass is 10.0. The van der Waals surface area contributed by atoms with Crippen molar-refractivity contribution in [3.63, 3.8) is 0 Å². The van der Waals surface area contributed by atoms with E-state index in [0.29, 0.717) is 11.7 Å². The van der Waals surface area contributed by atoms with Gasteiger partial charge in [-0.15, -0.1) is 0 Å². The molecule has 2 heteroatoms. The molecule has 0 aliphatic carbocycles. The fourth-order valence-corrected chi connectivity index (χ4v) is 1.06. The van der Waals surface area contributed by atoms with Crippen LogP contribution in [0.1, 0.15) is 39.2 Å². The molecule has 0 bridgehead atoms. The maximum absolute atomic E-state index is 8.94. The first-order valence-electron chi connectivity index (χ1n) is 5.48. The molecular formula is C13H22O2. The lowest BCUT2D eigenvalue weighted by Gasteiger charge is -2.03. The summed E-state index contributed by atoms with van der Waals surface area (Å²) in [5.74, 6) is 0.880. The number of ether oxygens (including phenoxy) is 1. The molecule has 1 N–H and O–H groups in total. The highest BCUT2D eigenvalue weighted by atomic mass is 16.5. The number of benzene rings is 1. The third-order valence-corrected chi connectivity index (χ3v) is 1.97. The SMILES string of the molecule is CC(C)c1ccc(O)cc1.CCOCC. The zero-order valence-electron chi connectivity index (χ0n) is 10.2. The molecule has 0 saturated heterocycles. The van der Waals surface area contributed by atoms with Crippen LogP contribution in [0.3, 0.4) is 0 Å². The van der Waals surface area contributed by atoms with E-state index in [0.717, 1.165) is 13.2 Å². The van der Waals surface area contributed by atoms with Gasteiger partial charge in [0, 0.05) is 13.2 Å². The third-order valence-electron chi connectivity index (χ3n) is 1.97. The van der Waals surface area contributed by atoms with Gasteiger partial charge in [0.2, 0.25) is 0 Å². The molecule has 15 heavy (non-hydrogen) atoms. The Morgan fingerprint density at radius 3 is 1.80 bits per heavy atom. The second-order valence-electron chi connectivity index (χ2n) is 3.53. The second kappa shape index (κ2) is 8.30. The monoisotopic (exact) mass is 210 g/mol. The van der Waals surface area contributed by atoms with E-state index in [2.05, 4.69) is 13.8 Å². The largest absolute Gasteiger partial charge is 0.508 e. The zero-order chi connectivity index (χ0) is 11.7. The lowest BCUT2D eigenvalue weighted by Crippen LogP contribution is -1.84. The Bertz CT molecular complexity index is 237. The number of rotatable bonds is 3. The van der Waals surface area contributed by atoms with Crippen LogP contribution in [0.4, 0.5) is 0 Å². The smallest absolute Gasteiger partial charge is 0.115 e. The van der Waals surface area contributed by atoms with E-state index < -0.39 is 0 Å². The van der Waals surface area contributed by atoms with Crippen molar-refractivity contribution >= 4 is 0 Å². The van der Waals surface area contributed by atoms with E-state index in [-0.39, 0.29) is 0 Å². The average Bonchev–Trinajstić information content (AvgIpc) is 2.20. The molecule has 86 valence electrons. The van der Waals surface area contributed by atoms with Gasteiger partial charge in [-0.3, -0.25) is 0 Å². The highest BCUT2D eigenvalue weighted by Crippen LogP contribution is 2.16. The number of hydrogen-bond donors (Lipinski definition) is 1. The molecule has 0 fully saturated rings. The predicted octanol–water partition coefficient (Wildman–Crippen LogP) is 3.56. The van der Waals surface area contributed by atoms with Crippen LogP contribution in [0.2, 0.25) is 0 Å². The van der Waals surface area contributed by atoms with Crippen LogP contribution in [-0.4, -0.2) is 18.3 Å². The molecule has 1 rings (SSSR count). The van der Waals surface area contributed by atoms with E-state index in [9.17, 15) is 0 Å². The van der Waals surface area contributed by atoms with Crippen molar-refractivity contribution in [2.45, 2.75) is 33.6 Å². The van der Waals surface area contributed by atoms with Crippen LogP contribution >= 0.6 is 0 Å². The Labute approximate surface area is 92.9 Å². The number of phenols is 1. The van der Waals surface area contributed by atoms with E-state index in [1.807, 2.05) is 26.0 Å². The van der Waals surface area contributed by atoms with Gasteiger partial charge in [-0.25, -0.2) is 0 Å². The first-order chi connectivity index (χ1) is 7.11. The molecule has 0 aromatic heterocycles. The van der Waals surface area contributed by atoms with Crippen molar-refractivity contribution in [3.8, 4) is 5.75 Å². The first kappa shape index (κ1) is 14.0. The summed E-state index contributed by atoms with van der Waals surface area (Å²) in [4.78, 5) is 0. The van der Waals surface area contributed by atoms with Gasteiger partial charge in [0.15, 0.2) is 0 Å². The Morgan fingerprint density at radius 2 is 1.53 bits per heavy atom. The molecule has 0 heterocycles. The molecule has 0 unspecified atom stereocenters. The fourth-order valence-electron chi connectivity index (χ4n) is 1.06. The molecule has 0 amide bonds. The lowest BCUT2D eigenvalue weighted by molar-refractivity contribution is 0.162. The van der Waals surface area contributed by atoms with Crippen LogP contribution in [-0.2, 0) is 4.74 Å². The van der Waals surface area contributed by atoms with Crippen LogP contribution in [0, 0.1) is 0 Å². The summed E-state index contributed by atoms with van der Waals surface area (Å²) in [6.45, 7) is 9.93. The Kier molecular flexibility index (Phi) is 7.74. The summed E-state index contributed by atoms with van der Waals surface area (Å²) >= 11 is 0. The van der Waals surface area contributed by atoms with Gasteiger partial charge in [-0.2, -0.15) is 0 Å². The van der Waals surface area contributed by atoms with E-state index in [1.165, 1.54) is 5.56 Å². The molecular weight excluding hydrogens is 188 g/mol. The van der Waals surface area contributed by atoms with Gasteiger partial charge in [0.25, 0.3) is 0 Å². The van der Waals surface area contributed by atoms with E-state index in [1.54, 1.807) is 12.1 Å². The maximum Gasteiger partial charge on any atom is 0.115 e. The summed E-state index contributed by atoms with van der Waals surface area (Å²) in [6.07, 6.45) is 0. The summed E-state index contributed by atoms with van der Waals surface area (Å²) in [5, 5.41) is 8.94. The Hall–Kier alpha value is -1.02. The zero-order valence-corrected chi connectivity index (χ0v) is 10.2. The van der Waals surface area contributed by atoms with Crippen molar-refractivity contribution < 1.29 is 9.84 Å². The minimum Gasteiger partial charge on any atom is -0.508 e. The van der Waals surface area contributed by atoms with Crippen molar-refractivity contribution in [3.05, 3.63) is 29.8 Å². The van der Waals surface area contributed by atoms with Gasteiger partial charge in [0.1, 0.15) is 5.75 Å². The quantitative estimate of drug-likeness (QED) is 0.826. The van der Waals surface area contributed by atoms with Gasteiger partial charge in [-0.05, 0) is 37.5 Å². The van der Waals surface area contributed by atoms with Crippen LogP contribution < -0.4 is 0 Å². The average molecular weight is 210 g/mol. The van der Waals surface area contributed by atoms with Crippen LogP contribution in [0.5, 0.6) is 5.75 Å². The molecule has 1 aromatic rings.